The van der Waals surface area contributed by atoms with Crippen LogP contribution in [0, 0.1) is 19.8 Å². The van der Waals surface area contributed by atoms with E-state index < -0.39 is 11.9 Å². The highest BCUT2D eigenvalue weighted by atomic mass is 16.5. The monoisotopic (exact) mass is 341 g/mol. The summed E-state index contributed by atoms with van der Waals surface area (Å²) >= 11 is 0. The first-order valence-electron chi connectivity index (χ1n) is 8.12. The molecule has 2 aromatic rings. The Morgan fingerprint density at radius 3 is 2.60 bits per heavy atom. The minimum absolute atomic E-state index is 0.228. The summed E-state index contributed by atoms with van der Waals surface area (Å²) in [5.41, 5.74) is 3.55. The molecule has 0 bridgehead atoms. The summed E-state index contributed by atoms with van der Waals surface area (Å²) in [5.74, 6) is -1.27. The Balaban J connectivity index is 2.19. The van der Waals surface area contributed by atoms with Crippen molar-refractivity contribution in [2.24, 2.45) is 5.92 Å². The third kappa shape index (κ3) is 5.35. The Morgan fingerprint density at radius 1 is 1.16 bits per heavy atom. The Hall–Kier alpha value is -2.82. The number of hydrogen-bond donors (Lipinski definition) is 2. The molecule has 132 valence electrons. The van der Waals surface area contributed by atoms with Crippen molar-refractivity contribution in [3.8, 4) is 5.75 Å². The van der Waals surface area contributed by atoms with Crippen LogP contribution in [0.3, 0.4) is 0 Å². The van der Waals surface area contributed by atoms with Crippen molar-refractivity contribution in [2.75, 3.05) is 12.4 Å². The molecular weight excluding hydrogens is 318 g/mol. The Labute approximate surface area is 147 Å². The third-order valence-electron chi connectivity index (χ3n) is 4.06. The number of benzene rings is 2. The first kappa shape index (κ1) is 18.5. The van der Waals surface area contributed by atoms with Gasteiger partial charge < -0.3 is 15.2 Å². The number of methoxy groups -OCH3 is 1. The molecule has 0 aromatic heterocycles. The normalized spacial score (nSPS) is 11.6. The number of ether oxygens (including phenoxy) is 1. The maximum atomic E-state index is 12.7. The number of carboxylic acid groups (broad SMARTS) is 1. The molecule has 5 heteroatoms. The van der Waals surface area contributed by atoms with Crippen molar-refractivity contribution >= 4 is 17.6 Å². The highest BCUT2D eigenvalue weighted by molar-refractivity contribution is 5.95. The van der Waals surface area contributed by atoms with Crippen LogP contribution in [0.15, 0.2) is 42.5 Å². The summed E-state index contributed by atoms with van der Waals surface area (Å²) in [7, 11) is 1.57. The van der Waals surface area contributed by atoms with Gasteiger partial charge in [0.25, 0.3) is 0 Å². The second-order valence-corrected chi connectivity index (χ2v) is 6.16. The lowest BCUT2D eigenvalue weighted by Gasteiger charge is -2.17. The third-order valence-corrected chi connectivity index (χ3v) is 4.06. The van der Waals surface area contributed by atoms with Crippen LogP contribution in [0.25, 0.3) is 0 Å². The summed E-state index contributed by atoms with van der Waals surface area (Å²) < 4.78 is 5.19. The van der Waals surface area contributed by atoms with Crippen molar-refractivity contribution in [1.29, 1.82) is 0 Å². The molecular formula is C20H23NO4. The molecule has 0 spiro atoms. The number of aryl methyl sites for hydroxylation is 2. The number of amides is 1. The van der Waals surface area contributed by atoms with Gasteiger partial charge in [-0.2, -0.15) is 0 Å². The van der Waals surface area contributed by atoms with Crippen LogP contribution < -0.4 is 10.1 Å². The van der Waals surface area contributed by atoms with Gasteiger partial charge in [0, 0.05) is 5.69 Å². The number of carbonyl (C=O) groups excluding carboxylic acids is 1. The standard InChI is InChI=1S/C20H23NO4/c1-13-7-8-14(2)18(9-13)21-20(24)16(12-19(22)23)10-15-5-4-6-17(11-15)25-3/h4-9,11,16H,10,12H2,1-3H3,(H,21,24)(H,22,23)/t16-/m1/s1. The highest BCUT2D eigenvalue weighted by Crippen LogP contribution is 2.21. The molecule has 0 fully saturated rings. The van der Waals surface area contributed by atoms with E-state index in [2.05, 4.69) is 5.32 Å². The predicted molar refractivity (Wildman–Crippen MR) is 97.0 cm³/mol. The zero-order chi connectivity index (χ0) is 18.4. The zero-order valence-corrected chi connectivity index (χ0v) is 14.7. The van der Waals surface area contributed by atoms with Crippen LogP contribution in [-0.4, -0.2) is 24.1 Å². The molecule has 2 N–H and O–H groups in total. The van der Waals surface area contributed by atoms with Gasteiger partial charge in [-0.25, -0.2) is 0 Å². The number of hydrogen-bond acceptors (Lipinski definition) is 3. The molecule has 0 saturated heterocycles. The Morgan fingerprint density at radius 2 is 1.92 bits per heavy atom. The van der Waals surface area contributed by atoms with Crippen LogP contribution in [0.2, 0.25) is 0 Å². The molecule has 0 saturated carbocycles. The lowest BCUT2D eigenvalue weighted by atomic mass is 9.95. The van der Waals surface area contributed by atoms with E-state index >= 15 is 0 Å². The average Bonchev–Trinajstić information content (AvgIpc) is 2.57. The van der Waals surface area contributed by atoms with Gasteiger partial charge in [0.1, 0.15) is 5.75 Å². The Bertz CT molecular complexity index is 770. The maximum Gasteiger partial charge on any atom is 0.304 e. The van der Waals surface area contributed by atoms with Crippen molar-refractivity contribution < 1.29 is 19.4 Å². The zero-order valence-electron chi connectivity index (χ0n) is 14.7. The van der Waals surface area contributed by atoms with Crippen molar-refractivity contribution in [3.05, 3.63) is 59.2 Å². The van der Waals surface area contributed by atoms with Crippen molar-refractivity contribution in [2.45, 2.75) is 26.7 Å². The van der Waals surface area contributed by atoms with Crippen molar-refractivity contribution in [1.82, 2.24) is 0 Å². The first-order valence-corrected chi connectivity index (χ1v) is 8.12. The molecule has 0 unspecified atom stereocenters. The second-order valence-electron chi connectivity index (χ2n) is 6.16. The molecule has 25 heavy (non-hydrogen) atoms. The van der Waals surface area contributed by atoms with Gasteiger partial charge in [0.2, 0.25) is 5.91 Å². The second kappa shape index (κ2) is 8.33. The Kier molecular flexibility index (Phi) is 6.17. The largest absolute Gasteiger partial charge is 0.497 e. The molecule has 0 aliphatic heterocycles. The van der Waals surface area contributed by atoms with E-state index in [1.807, 2.05) is 56.3 Å². The van der Waals surface area contributed by atoms with E-state index in [9.17, 15) is 14.7 Å². The molecule has 0 heterocycles. The minimum Gasteiger partial charge on any atom is -0.497 e. The van der Waals surface area contributed by atoms with Gasteiger partial charge in [-0.05, 0) is 55.2 Å². The minimum atomic E-state index is -0.996. The number of nitrogens with one attached hydrogen (secondary N) is 1. The van der Waals surface area contributed by atoms with Crippen LogP contribution in [0.4, 0.5) is 5.69 Å². The van der Waals surface area contributed by atoms with Gasteiger partial charge in [-0.1, -0.05) is 24.3 Å². The molecule has 1 atom stereocenters. The van der Waals surface area contributed by atoms with Gasteiger partial charge in [0.05, 0.1) is 19.4 Å². The van der Waals surface area contributed by atoms with Crippen LogP contribution in [-0.2, 0) is 16.0 Å². The summed E-state index contributed by atoms with van der Waals surface area (Å²) in [6.45, 7) is 3.85. The summed E-state index contributed by atoms with van der Waals surface area (Å²) in [5, 5.41) is 12.0. The molecule has 0 aliphatic carbocycles. The number of rotatable bonds is 7. The lowest BCUT2D eigenvalue weighted by Crippen LogP contribution is -2.27. The summed E-state index contributed by atoms with van der Waals surface area (Å²) in [4.78, 5) is 23.9. The van der Waals surface area contributed by atoms with Crippen LogP contribution in [0.1, 0.15) is 23.1 Å². The molecule has 2 aromatic carbocycles. The van der Waals surface area contributed by atoms with E-state index in [-0.39, 0.29) is 12.3 Å². The van der Waals surface area contributed by atoms with Gasteiger partial charge in [-0.15, -0.1) is 0 Å². The average molecular weight is 341 g/mol. The summed E-state index contributed by atoms with van der Waals surface area (Å²) in [6, 6.07) is 13.1. The van der Waals surface area contributed by atoms with E-state index in [1.165, 1.54) is 0 Å². The molecule has 0 radical (unpaired) electrons. The fourth-order valence-electron chi connectivity index (χ4n) is 2.66. The topological polar surface area (TPSA) is 75.6 Å². The summed E-state index contributed by atoms with van der Waals surface area (Å²) in [6.07, 6.45) is 0.105. The van der Waals surface area contributed by atoms with Gasteiger partial charge >= 0.3 is 5.97 Å². The lowest BCUT2D eigenvalue weighted by molar-refractivity contribution is -0.140. The fraction of sp³-hybridized carbons (Fsp3) is 0.300. The fourth-order valence-corrected chi connectivity index (χ4v) is 2.66. The van der Waals surface area contributed by atoms with Gasteiger partial charge in [-0.3, -0.25) is 9.59 Å². The first-order chi connectivity index (χ1) is 11.9. The SMILES string of the molecule is COc1cccc(C[C@H](CC(=O)O)C(=O)Nc2cc(C)ccc2C)c1. The van der Waals surface area contributed by atoms with Crippen LogP contribution >= 0.6 is 0 Å². The molecule has 0 aliphatic rings. The van der Waals surface area contributed by atoms with E-state index in [0.717, 1.165) is 16.7 Å². The molecule has 5 nitrogen and oxygen atoms in total. The van der Waals surface area contributed by atoms with E-state index in [1.54, 1.807) is 7.11 Å². The smallest absolute Gasteiger partial charge is 0.304 e. The molecule has 1 amide bonds. The number of aliphatic carboxylic acids is 1. The number of anilines is 1. The quantitative estimate of drug-likeness (QED) is 0.807. The van der Waals surface area contributed by atoms with E-state index in [0.29, 0.717) is 17.9 Å². The number of carboxylic acids is 1. The maximum absolute atomic E-state index is 12.7. The van der Waals surface area contributed by atoms with Gasteiger partial charge in [0.15, 0.2) is 0 Å². The van der Waals surface area contributed by atoms with E-state index in [4.69, 9.17) is 4.74 Å². The predicted octanol–water partition coefficient (Wildman–Crippen LogP) is 3.58. The van der Waals surface area contributed by atoms with Crippen LogP contribution in [0.5, 0.6) is 5.75 Å². The van der Waals surface area contributed by atoms with Crippen molar-refractivity contribution in [3.63, 3.8) is 0 Å². The molecule has 2 rings (SSSR count). The number of carbonyl (C=O) groups is 2. The highest BCUT2D eigenvalue weighted by Gasteiger charge is 2.23.